The Morgan fingerprint density at radius 2 is 1.93 bits per heavy atom. The molecular weight excluding hydrogens is 377 g/mol. The van der Waals surface area contributed by atoms with Crippen LogP contribution in [0.15, 0.2) is 47.6 Å². The smallest absolute Gasteiger partial charge is 0.388 e. The van der Waals surface area contributed by atoms with Gasteiger partial charge in [0, 0.05) is 5.75 Å². The maximum absolute atomic E-state index is 12.8. The lowest BCUT2D eigenvalue weighted by molar-refractivity contribution is -0.137. The molecule has 9 heteroatoms. The van der Waals surface area contributed by atoms with Gasteiger partial charge in [-0.1, -0.05) is 41.6 Å². The van der Waals surface area contributed by atoms with Gasteiger partial charge >= 0.3 is 6.18 Å². The van der Waals surface area contributed by atoms with E-state index >= 15 is 0 Å². The van der Waals surface area contributed by atoms with Crippen LogP contribution in [0.3, 0.4) is 0 Å². The van der Waals surface area contributed by atoms with Crippen molar-refractivity contribution in [2.24, 2.45) is 0 Å². The largest absolute Gasteiger partial charge is 0.416 e. The second-order valence-corrected chi connectivity index (χ2v) is 7.10. The molecule has 2 aromatic carbocycles. The van der Waals surface area contributed by atoms with Crippen LogP contribution < -0.4 is 0 Å². The standard InChI is InChI=1S/C18H17F3N4OS/c1-11-6-7-15(12(2)8-11)25-17(22-23-24-25)27-10-16(26)13-4-3-5-14(9-13)18(19,20)21/h3-9,16,26H,10H2,1-2H3. The SMILES string of the molecule is Cc1ccc(-n2nnnc2SCC(O)c2cccc(C(F)(F)F)c2)c(C)c1. The van der Waals surface area contributed by atoms with E-state index in [0.717, 1.165) is 28.9 Å². The van der Waals surface area contributed by atoms with Crippen molar-refractivity contribution in [3.05, 3.63) is 64.7 Å². The second-order valence-electron chi connectivity index (χ2n) is 6.11. The summed E-state index contributed by atoms with van der Waals surface area (Å²) in [4.78, 5) is 0. The summed E-state index contributed by atoms with van der Waals surface area (Å²) in [6, 6.07) is 10.5. The number of benzene rings is 2. The summed E-state index contributed by atoms with van der Waals surface area (Å²) in [5.74, 6) is 0.118. The van der Waals surface area contributed by atoms with Crippen LogP contribution in [0, 0.1) is 13.8 Å². The van der Waals surface area contributed by atoms with Crippen molar-refractivity contribution < 1.29 is 18.3 Å². The molecule has 0 fully saturated rings. The Morgan fingerprint density at radius 3 is 2.63 bits per heavy atom. The van der Waals surface area contributed by atoms with Gasteiger partial charge in [-0.25, -0.2) is 0 Å². The third-order valence-electron chi connectivity index (χ3n) is 3.99. The van der Waals surface area contributed by atoms with E-state index < -0.39 is 17.8 Å². The van der Waals surface area contributed by atoms with Gasteiger partial charge in [-0.3, -0.25) is 0 Å². The van der Waals surface area contributed by atoms with Crippen LogP contribution >= 0.6 is 11.8 Å². The molecule has 5 nitrogen and oxygen atoms in total. The first-order chi connectivity index (χ1) is 12.8. The topological polar surface area (TPSA) is 63.8 Å². The molecule has 1 N–H and O–H groups in total. The van der Waals surface area contributed by atoms with Crippen molar-refractivity contribution >= 4 is 11.8 Å². The highest BCUT2D eigenvalue weighted by Gasteiger charge is 2.30. The molecule has 3 aromatic rings. The number of thioether (sulfide) groups is 1. The summed E-state index contributed by atoms with van der Waals surface area (Å²) in [7, 11) is 0. The Bertz CT molecular complexity index is 942. The molecule has 142 valence electrons. The Hall–Kier alpha value is -2.39. The van der Waals surface area contributed by atoms with Crippen LogP contribution in [0.4, 0.5) is 13.2 Å². The van der Waals surface area contributed by atoms with E-state index in [-0.39, 0.29) is 11.3 Å². The van der Waals surface area contributed by atoms with E-state index in [4.69, 9.17) is 0 Å². The number of aliphatic hydroxyl groups is 1. The minimum Gasteiger partial charge on any atom is -0.388 e. The zero-order valence-electron chi connectivity index (χ0n) is 14.6. The normalized spacial score (nSPS) is 13.0. The van der Waals surface area contributed by atoms with Crippen LogP contribution in [-0.4, -0.2) is 31.1 Å². The Balaban J connectivity index is 1.76. The van der Waals surface area contributed by atoms with Crippen LogP contribution in [0.25, 0.3) is 5.69 Å². The van der Waals surface area contributed by atoms with Crippen LogP contribution in [0.2, 0.25) is 0 Å². The van der Waals surface area contributed by atoms with Gasteiger partial charge in [-0.05, 0) is 53.6 Å². The molecule has 0 aliphatic rings. The fourth-order valence-electron chi connectivity index (χ4n) is 2.64. The van der Waals surface area contributed by atoms with Gasteiger partial charge in [0.1, 0.15) is 0 Å². The Kier molecular flexibility index (Phi) is 5.52. The maximum Gasteiger partial charge on any atom is 0.416 e. The van der Waals surface area contributed by atoms with E-state index in [2.05, 4.69) is 15.5 Å². The number of aryl methyl sites for hydroxylation is 2. The van der Waals surface area contributed by atoms with Gasteiger partial charge in [0.05, 0.1) is 17.4 Å². The molecule has 0 aliphatic heterocycles. The van der Waals surface area contributed by atoms with Crippen molar-refractivity contribution in [1.82, 2.24) is 20.2 Å². The zero-order chi connectivity index (χ0) is 19.6. The predicted molar refractivity (Wildman–Crippen MR) is 95.8 cm³/mol. The quantitative estimate of drug-likeness (QED) is 0.660. The van der Waals surface area contributed by atoms with Gasteiger partial charge < -0.3 is 5.11 Å². The molecule has 1 aromatic heterocycles. The number of hydrogen-bond acceptors (Lipinski definition) is 5. The molecular formula is C18H17F3N4OS. The van der Waals surface area contributed by atoms with Gasteiger partial charge in [-0.15, -0.1) is 5.10 Å². The van der Waals surface area contributed by atoms with Gasteiger partial charge in [0.15, 0.2) is 0 Å². The summed E-state index contributed by atoms with van der Waals surface area (Å²) in [5, 5.41) is 22.3. The third kappa shape index (κ3) is 4.48. The van der Waals surface area contributed by atoms with Crippen molar-refractivity contribution in [2.45, 2.75) is 31.3 Å². The minimum atomic E-state index is -4.45. The van der Waals surface area contributed by atoms with Gasteiger partial charge in [0.25, 0.3) is 0 Å². The van der Waals surface area contributed by atoms with Crippen molar-refractivity contribution in [3.63, 3.8) is 0 Å². The lowest BCUT2D eigenvalue weighted by Gasteiger charge is -2.13. The summed E-state index contributed by atoms with van der Waals surface area (Å²) in [6.07, 6.45) is -5.53. The molecule has 1 atom stereocenters. The summed E-state index contributed by atoms with van der Waals surface area (Å²) >= 11 is 1.17. The van der Waals surface area contributed by atoms with Gasteiger partial charge in [-0.2, -0.15) is 17.9 Å². The fraction of sp³-hybridized carbons (Fsp3) is 0.278. The Labute approximate surface area is 158 Å². The van der Waals surface area contributed by atoms with E-state index in [9.17, 15) is 18.3 Å². The highest BCUT2D eigenvalue weighted by molar-refractivity contribution is 7.99. The minimum absolute atomic E-state index is 0.118. The average Bonchev–Trinajstić information content (AvgIpc) is 3.07. The van der Waals surface area contributed by atoms with E-state index in [1.165, 1.54) is 23.9 Å². The Morgan fingerprint density at radius 1 is 1.15 bits per heavy atom. The number of halogens is 3. The van der Waals surface area contributed by atoms with E-state index in [1.807, 2.05) is 32.0 Å². The van der Waals surface area contributed by atoms with Gasteiger partial charge in [0.2, 0.25) is 5.16 Å². The molecule has 3 rings (SSSR count). The molecule has 0 aliphatic carbocycles. The molecule has 0 spiro atoms. The third-order valence-corrected chi connectivity index (χ3v) is 4.99. The summed E-state index contributed by atoms with van der Waals surface area (Å²) < 4.78 is 40.0. The van der Waals surface area contributed by atoms with Crippen molar-refractivity contribution in [3.8, 4) is 5.69 Å². The average molecular weight is 394 g/mol. The zero-order valence-corrected chi connectivity index (χ0v) is 15.4. The number of nitrogens with zero attached hydrogens (tertiary/aromatic N) is 4. The molecule has 0 amide bonds. The number of aliphatic hydroxyl groups excluding tert-OH is 1. The number of hydrogen-bond donors (Lipinski definition) is 1. The number of aromatic nitrogens is 4. The first-order valence-corrected chi connectivity index (χ1v) is 9.08. The molecule has 27 heavy (non-hydrogen) atoms. The summed E-state index contributed by atoms with van der Waals surface area (Å²) in [5.41, 5.74) is 2.31. The first kappa shape index (κ1) is 19.4. The number of rotatable bonds is 5. The van der Waals surface area contributed by atoms with Crippen LogP contribution in [0.1, 0.15) is 28.4 Å². The fourth-order valence-corrected chi connectivity index (χ4v) is 3.49. The highest BCUT2D eigenvalue weighted by Crippen LogP contribution is 2.32. The molecule has 0 bridgehead atoms. The number of tetrazole rings is 1. The van der Waals surface area contributed by atoms with E-state index in [1.54, 1.807) is 4.68 Å². The second kappa shape index (κ2) is 7.69. The number of alkyl halides is 3. The molecule has 0 saturated carbocycles. The monoisotopic (exact) mass is 394 g/mol. The first-order valence-electron chi connectivity index (χ1n) is 8.10. The predicted octanol–water partition coefficient (Wildman–Crippen LogP) is 4.12. The van der Waals surface area contributed by atoms with Crippen LogP contribution in [0.5, 0.6) is 0 Å². The molecule has 0 radical (unpaired) electrons. The lowest BCUT2D eigenvalue weighted by atomic mass is 10.1. The molecule has 0 saturated heterocycles. The van der Waals surface area contributed by atoms with E-state index in [0.29, 0.717) is 5.16 Å². The lowest BCUT2D eigenvalue weighted by Crippen LogP contribution is -2.08. The maximum atomic E-state index is 12.8. The highest BCUT2D eigenvalue weighted by atomic mass is 32.2. The van der Waals surface area contributed by atoms with Crippen molar-refractivity contribution in [2.75, 3.05) is 5.75 Å². The molecule has 1 unspecified atom stereocenters. The summed E-state index contributed by atoms with van der Waals surface area (Å²) in [6.45, 7) is 3.92. The molecule has 1 heterocycles. The van der Waals surface area contributed by atoms with Crippen LogP contribution in [-0.2, 0) is 6.18 Å². The van der Waals surface area contributed by atoms with Crippen molar-refractivity contribution in [1.29, 1.82) is 0 Å².